The van der Waals surface area contributed by atoms with E-state index < -0.39 is 0 Å². The summed E-state index contributed by atoms with van der Waals surface area (Å²) < 4.78 is 13.8. The maximum atomic E-state index is 13.8. The van der Waals surface area contributed by atoms with Crippen LogP contribution < -0.4 is 10.6 Å². The Labute approximate surface area is 167 Å². The first-order valence-corrected chi connectivity index (χ1v) is 10.1. The first-order chi connectivity index (χ1) is 13.7. The molecule has 0 atom stereocenters. The van der Waals surface area contributed by atoms with Gasteiger partial charge in [0.2, 0.25) is 0 Å². The number of nitrogens with zero attached hydrogens (tertiary/aromatic N) is 3. The highest BCUT2D eigenvalue weighted by Gasteiger charge is 2.20. The highest BCUT2D eigenvalue weighted by Crippen LogP contribution is 2.19. The van der Waals surface area contributed by atoms with Crippen molar-refractivity contribution in [3.05, 3.63) is 65.7 Å². The van der Waals surface area contributed by atoms with Crippen molar-refractivity contribution in [3.63, 3.8) is 0 Å². The number of nitrogens with one attached hydrogen (secondary N) is 2. The summed E-state index contributed by atoms with van der Waals surface area (Å²) >= 11 is 0. The molecule has 28 heavy (non-hydrogen) atoms. The lowest BCUT2D eigenvalue weighted by molar-refractivity contribution is 0.176. The number of aromatic nitrogens is 1. The van der Waals surface area contributed by atoms with Crippen molar-refractivity contribution in [2.75, 3.05) is 26.2 Å². The largest absolute Gasteiger partial charge is 0.357 e. The summed E-state index contributed by atoms with van der Waals surface area (Å²) in [6.45, 7) is 7.07. The third-order valence-electron chi connectivity index (χ3n) is 5.09. The first kappa shape index (κ1) is 20.3. The molecule has 5 nitrogen and oxygen atoms in total. The Bertz CT molecular complexity index is 742. The van der Waals surface area contributed by atoms with Gasteiger partial charge in [-0.2, -0.15) is 0 Å². The zero-order valence-electron chi connectivity index (χ0n) is 16.6. The number of halogens is 1. The smallest absolute Gasteiger partial charge is 0.191 e. The molecule has 2 N–H and O–H groups in total. The van der Waals surface area contributed by atoms with E-state index in [1.54, 1.807) is 18.3 Å². The normalized spacial score (nSPS) is 16.1. The minimum absolute atomic E-state index is 0.106. The summed E-state index contributed by atoms with van der Waals surface area (Å²) in [7, 11) is 0. The van der Waals surface area contributed by atoms with E-state index in [9.17, 15) is 4.39 Å². The van der Waals surface area contributed by atoms with Crippen molar-refractivity contribution in [2.45, 2.75) is 32.9 Å². The molecule has 0 saturated carbocycles. The maximum absolute atomic E-state index is 13.8. The topological polar surface area (TPSA) is 52.6 Å². The summed E-state index contributed by atoms with van der Waals surface area (Å²) in [4.78, 5) is 11.3. The zero-order valence-corrected chi connectivity index (χ0v) is 16.6. The predicted octanol–water partition coefficient (Wildman–Crippen LogP) is 3.19. The fourth-order valence-corrected chi connectivity index (χ4v) is 3.45. The number of hydrogen-bond donors (Lipinski definition) is 2. The molecule has 6 heteroatoms. The molecule has 1 aromatic carbocycles. The van der Waals surface area contributed by atoms with E-state index in [1.807, 2.05) is 30.3 Å². The van der Waals surface area contributed by atoms with Crippen LogP contribution in [0.2, 0.25) is 0 Å². The fourth-order valence-electron chi connectivity index (χ4n) is 3.45. The molecule has 0 radical (unpaired) electrons. The van der Waals surface area contributed by atoms with Gasteiger partial charge in [0.25, 0.3) is 0 Å². The van der Waals surface area contributed by atoms with Gasteiger partial charge in [0.15, 0.2) is 5.96 Å². The Morgan fingerprint density at radius 1 is 1.14 bits per heavy atom. The number of hydrogen-bond acceptors (Lipinski definition) is 3. The molecule has 0 amide bonds. The molecule has 1 aliphatic heterocycles. The number of rotatable bonds is 7. The Morgan fingerprint density at radius 2 is 1.93 bits per heavy atom. The van der Waals surface area contributed by atoms with Gasteiger partial charge in [0, 0.05) is 31.4 Å². The Morgan fingerprint density at radius 3 is 2.64 bits per heavy atom. The van der Waals surface area contributed by atoms with Crippen molar-refractivity contribution >= 4 is 5.96 Å². The number of benzene rings is 1. The van der Waals surface area contributed by atoms with Crippen molar-refractivity contribution in [2.24, 2.45) is 10.9 Å². The quantitative estimate of drug-likeness (QED) is 0.570. The van der Waals surface area contributed by atoms with E-state index in [1.165, 1.54) is 0 Å². The van der Waals surface area contributed by atoms with Crippen LogP contribution in [-0.4, -0.2) is 42.0 Å². The molecule has 0 unspecified atom stereocenters. The van der Waals surface area contributed by atoms with E-state index in [4.69, 9.17) is 0 Å². The molecule has 0 aliphatic carbocycles. The van der Waals surface area contributed by atoms with Crippen LogP contribution in [0.1, 0.15) is 31.0 Å². The van der Waals surface area contributed by atoms with Crippen LogP contribution in [0.15, 0.2) is 53.7 Å². The predicted molar refractivity (Wildman–Crippen MR) is 111 cm³/mol. The van der Waals surface area contributed by atoms with Gasteiger partial charge >= 0.3 is 0 Å². The molecule has 1 saturated heterocycles. The van der Waals surface area contributed by atoms with Gasteiger partial charge < -0.3 is 10.6 Å². The average molecular weight is 384 g/mol. The number of piperidine rings is 1. The molecule has 2 aromatic rings. The molecule has 150 valence electrons. The number of pyridine rings is 1. The lowest BCUT2D eigenvalue weighted by Crippen LogP contribution is -2.42. The van der Waals surface area contributed by atoms with E-state index in [2.05, 4.69) is 32.4 Å². The highest BCUT2D eigenvalue weighted by molar-refractivity contribution is 5.79. The second kappa shape index (κ2) is 10.8. The Balaban J connectivity index is 1.43. The van der Waals surface area contributed by atoms with Crippen LogP contribution in [0.4, 0.5) is 4.39 Å². The van der Waals surface area contributed by atoms with Gasteiger partial charge in [-0.05, 0) is 57.0 Å². The monoisotopic (exact) mass is 383 g/mol. The molecule has 1 fully saturated rings. The van der Waals surface area contributed by atoms with Crippen LogP contribution in [0.25, 0.3) is 0 Å². The molecular formula is C22H30FN5. The lowest BCUT2D eigenvalue weighted by Gasteiger charge is -2.32. The molecule has 0 bridgehead atoms. The molecule has 1 aliphatic rings. The number of aliphatic imine (C=N–C) groups is 1. The number of guanidine groups is 1. The lowest BCUT2D eigenvalue weighted by atomic mass is 9.96. The second-order valence-electron chi connectivity index (χ2n) is 7.21. The maximum Gasteiger partial charge on any atom is 0.191 e. The van der Waals surface area contributed by atoms with Crippen LogP contribution in [0.3, 0.4) is 0 Å². The average Bonchev–Trinajstić information content (AvgIpc) is 2.73. The third-order valence-corrected chi connectivity index (χ3v) is 5.09. The van der Waals surface area contributed by atoms with E-state index in [0.717, 1.165) is 56.2 Å². The van der Waals surface area contributed by atoms with Gasteiger partial charge in [-0.1, -0.05) is 24.3 Å². The first-order valence-electron chi connectivity index (χ1n) is 10.1. The van der Waals surface area contributed by atoms with Crippen molar-refractivity contribution in [1.29, 1.82) is 0 Å². The summed E-state index contributed by atoms with van der Waals surface area (Å²) in [6, 6.07) is 12.9. The second-order valence-corrected chi connectivity index (χ2v) is 7.21. The van der Waals surface area contributed by atoms with Crippen molar-refractivity contribution in [3.8, 4) is 0 Å². The van der Waals surface area contributed by atoms with E-state index in [-0.39, 0.29) is 5.82 Å². The molecule has 1 aromatic heterocycles. The van der Waals surface area contributed by atoms with Crippen molar-refractivity contribution in [1.82, 2.24) is 20.5 Å². The van der Waals surface area contributed by atoms with Crippen molar-refractivity contribution < 1.29 is 4.39 Å². The fraction of sp³-hybridized carbons (Fsp3) is 0.455. The van der Waals surface area contributed by atoms with E-state index in [0.29, 0.717) is 19.0 Å². The van der Waals surface area contributed by atoms with Gasteiger partial charge in [0.1, 0.15) is 5.82 Å². The minimum atomic E-state index is -0.106. The van der Waals surface area contributed by atoms with E-state index >= 15 is 0 Å². The summed E-state index contributed by atoms with van der Waals surface area (Å²) in [5, 5.41) is 6.77. The summed E-state index contributed by atoms with van der Waals surface area (Å²) in [5.74, 6) is 1.34. The van der Waals surface area contributed by atoms with Crippen LogP contribution >= 0.6 is 0 Å². The summed E-state index contributed by atoms with van der Waals surface area (Å²) in [6.07, 6.45) is 4.02. The molecule has 2 heterocycles. The van der Waals surface area contributed by atoms with Gasteiger partial charge in [-0.15, -0.1) is 0 Å². The van der Waals surface area contributed by atoms with Crippen LogP contribution in [0.5, 0.6) is 0 Å². The number of likely N-dealkylation sites (tertiary alicyclic amines) is 1. The Hall–Kier alpha value is -2.47. The molecular weight excluding hydrogens is 353 g/mol. The van der Waals surface area contributed by atoms with Gasteiger partial charge in [-0.3, -0.25) is 9.88 Å². The third kappa shape index (κ3) is 6.30. The molecule has 0 spiro atoms. The Kier molecular flexibility index (Phi) is 7.79. The van der Waals surface area contributed by atoms with Gasteiger partial charge in [0.05, 0.1) is 12.2 Å². The standard InChI is InChI=1S/C22H30FN5/c1-2-24-22(27-16-20-8-5-6-12-25-20)26-15-18-10-13-28(14-11-18)17-19-7-3-4-9-21(19)23/h3-9,12,18H,2,10-11,13-17H2,1H3,(H2,24,26,27). The van der Waals surface area contributed by atoms with Crippen LogP contribution in [0, 0.1) is 11.7 Å². The zero-order chi connectivity index (χ0) is 19.6. The highest BCUT2D eigenvalue weighted by atomic mass is 19.1. The summed E-state index contributed by atoms with van der Waals surface area (Å²) in [5.41, 5.74) is 1.75. The minimum Gasteiger partial charge on any atom is -0.357 e. The SMILES string of the molecule is CCNC(=NCc1ccccn1)NCC1CCN(Cc2ccccc2F)CC1. The van der Waals surface area contributed by atoms with Crippen LogP contribution in [-0.2, 0) is 13.1 Å². The van der Waals surface area contributed by atoms with Gasteiger partial charge in [-0.25, -0.2) is 9.38 Å². The molecule has 3 rings (SSSR count).